The molecule has 232 valence electrons. The Kier molecular flexibility index (Phi) is 14.0. The van der Waals surface area contributed by atoms with Gasteiger partial charge in [0.25, 0.3) is 0 Å². The van der Waals surface area contributed by atoms with Crippen LogP contribution in [0.4, 0.5) is 0 Å². The van der Waals surface area contributed by atoms with Crippen LogP contribution in [0.3, 0.4) is 0 Å². The van der Waals surface area contributed by atoms with E-state index < -0.39 is 34.8 Å². The van der Waals surface area contributed by atoms with E-state index in [1.54, 1.807) is 20.8 Å². The van der Waals surface area contributed by atoms with Crippen LogP contribution in [0.5, 0.6) is 0 Å². The van der Waals surface area contributed by atoms with Gasteiger partial charge in [-0.1, -0.05) is 0 Å². The van der Waals surface area contributed by atoms with Crippen LogP contribution in [-0.4, -0.2) is 132 Å². The first-order chi connectivity index (χ1) is 18.2. The van der Waals surface area contributed by atoms with Crippen molar-refractivity contribution in [3.63, 3.8) is 0 Å². The molecule has 0 spiro atoms. The molecule has 0 amide bonds. The third-order valence-corrected chi connectivity index (χ3v) is 5.54. The van der Waals surface area contributed by atoms with E-state index in [9.17, 15) is 24.3 Å². The maximum Gasteiger partial charge on any atom is 0.320 e. The Hall–Kier alpha value is -2.28. The quantitative estimate of drug-likeness (QED) is 0.321. The highest BCUT2D eigenvalue weighted by molar-refractivity contribution is 5.73. The van der Waals surface area contributed by atoms with E-state index in [0.29, 0.717) is 39.3 Å². The molecule has 0 aromatic carbocycles. The molecule has 1 aliphatic heterocycles. The maximum atomic E-state index is 12.7. The van der Waals surface area contributed by atoms with Crippen LogP contribution in [-0.2, 0) is 33.4 Å². The summed E-state index contributed by atoms with van der Waals surface area (Å²) in [5, 5.41) is 12.8. The van der Waals surface area contributed by atoms with E-state index in [2.05, 4.69) is 5.32 Å². The minimum atomic E-state index is -0.959. The molecule has 2 N–H and O–H groups in total. The monoisotopic (exact) mass is 572 g/mol. The molecule has 1 unspecified atom stereocenters. The van der Waals surface area contributed by atoms with Crippen LogP contribution >= 0.6 is 0 Å². The molecule has 1 rings (SSSR count). The SMILES string of the molecule is CC(C)(C)OC(=O)CN1CCNC(CC(=O)O)CN(CC(=O)OC(C)(C)C)CCN(CC(=O)OC(C)(C)C)CC1. The van der Waals surface area contributed by atoms with Crippen LogP contribution in [0, 0.1) is 0 Å². The fourth-order valence-corrected chi connectivity index (χ4v) is 4.16. The third-order valence-electron chi connectivity index (χ3n) is 5.54. The molecule has 1 saturated heterocycles. The smallest absolute Gasteiger partial charge is 0.320 e. The van der Waals surface area contributed by atoms with E-state index in [0.717, 1.165) is 0 Å². The number of hydrogen-bond donors (Lipinski definition) is 2. The highest BCUT2D eigenvalue weighted by Crippen LogP contribution is 2.11. The molecule has 0 aliphatic carbocycles. The van der Waals surface area contributed by atoms with Crippen molar-refractivity contribution in [1.82, 2.24) is 20.0 Å². The van der Waals surface area contributed by atoms with E-state index in [1.165, 1.54) is 0 Å². The first-order valence-electron chi connectivity index (χ1n) is 14.0. The van der Waals surface area contributed by atoms with Gasteiger partial charge in [-0.3, -0.25) is 33.9 Å². The standard InChI is InChI=1S/C28H52N4O8/c1-26(2,3)38-23(35)18-30-11-10-29-21(16-22(33)34)17-32(20-25(37)40-28(7,8)9)15-14-31(13-12-30)19-24(36)39-27(4,5)6/h21,29H,10-20H2,1-9H3,(H,33,34). The van der Waals surface area contributed by atoms with E-state index in [1.807, 2.05) is 56.2 Å². The lowest BCUT2D eigenvalue weighted by atomic mass is 10.1. The summed E-state index contributed by atoms with van der Waals surface area (Å²) in [6.07, 6.45) is -0.140. The van der Waals surface area contributed by atoms with Crippen molar-refractivity contribution >= 4 is 23.9 Å². The van der Waals surface area contributed by atoms with Crippen LogP contribution in [0.1, 0.15) is 68.7 Å². The second-order valence-corrected chi connectivity index (χ2v) is 13.3. The summed E-state index contributed by atoms with van der Waals surface area (Å²) in [7, 11) is 0. The fourth-order valence-electron chi connectivity index (χ4n) is 4.16. The minimum Gasteiger partial charge on any atom is -0.481 e. The summed E-state index contributed by atoms with van der Waals surface area (Å²) in [5.41, 5.74) is -1.90. The Morgan fingerprint density at radius 3 is 1.38 bits per heavy atom. The van der Waals surface area contributed by atoms with Gasteiger partial charge in [-0.05, 0) is 62.3 Å². The van der Waals surface area contributed by atoms with Crippen molar-refractivity contribution in [3.05, 3.63) is 0 Å². The number of aliphatic carboxylic acids is 1. The molecule has 0 radical (unpaired) electrons. The Morgan fingerprint density at radius 2 is 1.00 bits per heavy atom. The van der Waals surface area contributed by atoms with Gasteiger partial charge in [0.2, 0.25) is 0 Å². The number of carbonyl (C=O) groups is 4. The molecule has 0 aromatic rings. The largest absolute Gasteiger partial charge is 0.481 e. The van der Waals surface area contributed by atoms with Gasteiger partial charge in [0.15, 0.2) is 0 Å². The van der Waals surface area contributed by atoms with Crippen molar-refractivity contribution in [2.75, 3.05) is 65.4 Å². The number of carboxylic acid groups (broad SMARTS) is 1. The Morgan fingerprint density at radius 1 is 0.650 bits per heavy atom. The van der Waals surface area contributed by atoms with Crippen molar-refractivity contribution in [1.29, 1.82) is 0 Å². The molecule has 1 aliphatic rings. The van der Waals surface area contributed by atoms with Crippen molar-refractivity contribution < 1.29 is 38.5 Å². The lowest BCUT2D eigenvalue weighted by molar-refractivity contribution is -0.158. The summed E-state index contributed by atoms with van der Waals surface area (Å²) in [6.45, 7) is 19.3. The fraction of sp³-hybridized carbons (Fsp3) is 0.857. The zero-order valence-corrected chi connectivity index (χ0v) is 26.0. The number of esters is 3. The lowest BCUT2D eigenvalue weighted by Crippen LogP contribution is -2.51. The highest BCUT2D eigenvalue weighted by atomic mass is 16.6. The van der Waals surface area contributed by atoms with Gasteiger partial charge in [0, 0.05) is 51.9 Å². The molecule has 0 aromatic heterocycles. The van der Waals surface area contributed by atoms with Gasteiger partial charge in [-0.2, -0.15) is 0 Å². The summed E-state index contributed by atoms with van der Waals surface area (Å²) in [4.78, 5) is 55.2. The van der Waals surface area contributed by atoms with E-state index >= 15 is 0 Å². The number of ether oxygens (including phenoxy) is 3. The van der Waals surface area contributed by atoms with Gasteiger partial charge < -0.3 is 24.6 Å². The highest BCUT2D eigenvalue weighted by Gasteiger charge is 2.26. The van der Waals surface area contributed by atoms with Gasteiger partial charge in [0.1, 0.15) is 16.8 Å². The number of hydrogen-bond acceptors (Lipinski definition) is 11. The average molecular weight is 573 g/mol. The molecular formula is C28H52N4O8. The number of nitrogens with one attached hydrogen (secondary N) is 1. The van der Waals surface area contributed by atoms with Gasteiger partial charge in [0.05, 0.1) is 26.1 Å². The predicted molar refractivity (Wildman–Crippen MR) is 151 cm³/mol. The number of nitrogens with zero attached hydrogens (tertiary/aromatic N) is 3. The van der Waals surface area contributed by atoms with E-state index in [-0.39, 0.29) is 44.5 Å². The zero-order chi connectivity index (χ0) is 30.7. The van der Waals surface area contributed by atoms with Gasteiger partial charge in [-0.15, -0.1) is 0 Å². The molecular weight excluding hydrogens is 520 g/mol. The van der Waals surface area contributed by atoms with Crippen molar-refractivity contribution in [3.8, 4) is 0 Å². The zero-order valence-electron chi connectivity index (χ0n) is 26.0. The summed E-state index contributed by atoms with van der Waals surface area (Å²) >= 11 is 0. The number of carboxylic acids is 1. The molecule has 0 bridgehead atoms. The van der Waals surface area contributed by atoms with Crippen molar-refractivity contribution in [2.24, 2.45) is 0 Å². The van der Waals surface area contributed by atoms with Crippen LogP contribution in [0.2, 0.25) is 0 Å². The predicted octanol–water partition coefficient (Wildman–Crippen LogP) is 1.36. The Bertz CT molecular complexity index is 845. The molecule has 12 heteroatoms. The molecule has 40 heavy (non-hydrogen) atoms. The second kappa shape index (κ2) is 15.6. The van der Waals surface area contributed by atoms with Crippen LogP contribution in [0.25, 0.3) is 0 Å². The number of carbonyl (C=O) groups excluding carboxylic acids is 3. The summed E-state index contributed by atoms with van der Waals surface area (Å²) < 4.78 is 16.5. The number of rotatable bonds is 8. The molecule has 1 fully saturated rings. The van der Waals surface area contributed by atoms with Crippen LogP contribution in [0.15, 0.2) is 0 Å². The molecule has 1 atom stereocenters. The summed E-state index contributed by atoms with van der Waals surface area (Å²) in [5.74, 6) is -2.10. The molecule has 12 nitrogen and oxygen atoms in total. The lowest BCUT2D eigenvalue weighted by Gasteiger charge is -2.33. The Balaban J connectivity index is 3.15. The van der Waals surface area contributed by atoms with Crippen LogP contribution < -0.4 is 5.32 Å². The molecule has 0 saturated carbocycles. The van der Waals surface area contributed by atoms with E-state index in [4.69, 9.17) is 14.2 Å². The van der Waals surface area contributed by atoms with Gasteiger partial charge >= 0.3 is 23.9 Å². The summed E-state index contributed by atoms with van der Waals surface area (Å²) in [6, 6.07) is -0.443. The minimum absolute atomic E-state index is 0.0138. The van der Waals surface area contributed by atoms with Gasteiger partial charge in [-0.25, -0.2) is 0 Å². The second-order valence-electron chi connectivity index (χ2n) is 13.3. The molecule has 1 heterocycles. The average Bonchev–Trinajstić information content (AvgIpc) is 2.69. The van der Waals surface area contributed by atoms with Crippen molar-refractivity contribution in [2.45, 2.75) is 91.6 Å². The maximum absolute atomic E-state index is 12.7. The normalized spacial score (nSPS) is 19.7. The Labute approximate surface area is 239 Å². The first-order valence-corrected chi connectivity index (χ1v) is 14.0. The topological polar surface area (TPSA) is 138 Å². The first kappa shape index (κ1) is 35.7. The third kappa shape index (κ3) is 18.1.